The van der Waals surface area contributed by atoms with Crippen LogP contribution in [0.5, 0.6) is 0 Å². The van der Waals surface area contributed by atoms with Gasteiger partial charge in [-0.1, -0.05) is 18.6 Å². The first-order valence-corrected chi connectivity index (χ1v) is 9.04. The van der Waals surface area contributed by atoms with Gasteiger partial charge in [0.05, 0.1) is 24.8 Å². The molecule has 2 heterocycles. The van der Waals surface area contributed by atoms with E-state index in [0.717, 1.165) is 57.8 Å². The summed E-state index contributed by atoms with van der Waals surface area (Å²) in [6.45, 7) is 5.28. The molecule has 0 bridgehead atoms. The molecule has 2 N–H and O–H groups in total. The molecular formula is C19H26N4O2. The van der Waals surface area contributed by atoms with Gasteiger partial charge in [-0.25, -0.2) is 0 Å². The van der Waals surface area contributed by atoms with Gasteiger partial charge in [0, 0.05) is 25.7 Å². The molecule has 2 saturated heterocycles. The van der Waals surface area contributed by atoms with Gasteiger partial charge >= 0.3 is 0 Å². The van der Waals surface area contributed by atoms with E-state index in [0.29, 0.717) is 11.6 Å². The van der Waals surface area contributed by atoms with Crippen molar-refractivity contribution in [2.75, 3.05) is 39.4 Å². The first kappa shape index (κ1) is 17.9. The fourth-order valence-electron chi connectivity index (χ4n) is 3.90. The maximum atomic E-state index is 12.3. The van der Waals surface area contributed by atoms with E-state index in [1.54, 1.807) is 12.1 Å². The number of nitrogens with two attached hydrogens (primary N) is 1. The molecule has 2 fully saturated rings. The van der Waals surface area contributed by atoms with Gasteiger partial charge in [-0.3, -0.25) is 14.6 Å². The van der Waals surface area contributed by atoms with Gasteiger partial charge in [-0.05, 0) is 37.1 Å². The van der Waals surface area contributed by atoms with Crippen molar-refractivity contribution < 1.29 is 9.53 Å². The van der Waals surface area contributed by atoms with E-state index in [4.69, 9.17) is 15.7 Å². The molecule has 1 amide bonds. The second-order valence-corrected chi connectivity index (χ2v) is 6.84. The van der Waals surface area contributed by atoms with Crippen molar-refractivity contribution in [3.8, 4) is 6.07 Å². The van der Waals surface area contributed by atoms with Crippen LogP contribution < -0.4 is 5.73 Å². The van der Waals surface area contributed by atoms with Crippen molar-refractivity contribution in [1.82, 2.24) is 9.80 Å². The van der Waals surface area contributed by atoms with Crippen LogP contribution in [0, 0.1) is 11.3 Å². The molecule has 0 spiro atoms. The van der Waals surface area contributed by atoms with E-state index >= 15 is 0 Å². The number of morpholine rings is 1. The largest absolute Gasteiger partial charge is 0.379 e. The van der Waals surface area contributed by atoms with Crippen LogP contribution in [-0.2, 0) is 9.53 Å². The van der Waals surface area contributed by atoms with Gasteiger partial charge in [0.2, 0.25) is 5.91 Å². The van der Waals surface area contributed by atoms with Crippen LogP contribution in [0.4, 0.5) is 0 Å². The van der Waals surface area contributed by atoms with E-state index < -0.39 is 6.04 Å². The minimum Gasteiger partial charge on any atom is -0.379 e. The third kappa shape index (κ3) is 4.37. The Bertz CT molecular complexity index is 619. The first-order valence-electron chi connectivity index (χ1n) is 9.04. The maximum absolute atomic E-state index is 12.3. The highest BCUT2D eigenvalue weighted by Gasteiger charge is 2.34. The summed E-state index contributed by atoms with van der Waals surface area (Å²) >= 11 is 0. The Morgan fingerprint density at radius 2 is 1.96 bits per heavy atom. The average Bonchev–Trinajstić information content (AvgIpc) is 2.64. The lowest BCUT2D eigenvalue weighted by Gasteiger charge is -2.42. The molecule has 2 aliphatic rings. The number of carbonyl (C=O) groups is 1. The third-order valence-electron chi connectivity index (χ3n) is 5.20. The highest BCUT2D eigenvalue weighted by atomic mass is 16.5. The molecule has 0 aromatic heterocycles. The van der Waals surface area contributed by atoms with Crippen LogP contribution in [0.3, 0.4) is 0 Å². The van der Waals surface area contributed by atoms with Crippen LogP contribution in [-0.4, -0.2) is 61.1 Å². The second-order valence-electron chi connectivity index (χ2n) is 6.84. The Morgan fingerprint density at radius 1 is 1.24 bits per heavy atom. The molecule has 1 aromatic carbocycles. The molecule has 0 radical (unpaired) electrons. The van der Waals surface area contributed by atoms with Gasteiger partial charge in [0.15, 0.2) is 0 Å². The van der Waals surface area contributed by atoms with Crippen LogP contribution >= 0.6 is 0 Å². The quantitative estimate of drug-likeness (QED) is 0.871. The normalized spacial score (nSPS) is 23.7. The van der Waals surface area contributed by atoms with E-state index in [1.165, 1.54) is 6.42 Å². The van der Waals surface area contributed by atoms with E-state index in [9.17, 15) is 4.79 Å². The Kier molecular flexibility index (Phi) is 6.03. The molecule has 3 rings (SSSR count). The van der Waals surface area contributed by atoms with Crippen molar-refractivity contribution in [3.63, 3.8) is 0 Å². The summed E-state index contributed by atoms with van der Waals surface area (Å²) in [4.78, 5) is 17.0. The summed E-state index contributed by atoms with van der Waals surface area (Å²) in [5, 5.41) is 8.98. The molecule has 6 heteroatoms. The topological polar surface area (TPSA) is 82.6 Å². The van der Waals surface area contributed by atoms with Gasteiger partial charge in [0.25, 0.3) is 0 Å². The number of hydrogen-bond donors (Lipinski definition) is 1. The van der Waals surface area contributed by atoms with Gasteiger partial charge < -0.3 is 10.5 Å². The first-order chi connectivity index (χ1) is 12.2. The molecule has 2 aliphatic heterocycles. The van der Waals surface area contributed by atoms with Crippen LogP contribution in [0.1, 0.15) is 36.4 Å². The molecule has 0 unspecified atom stereocenters. The van der Waals surface area contributed by atoms with Crippen LogP contribution in [0.15, 0.2) is 24.3 Å². The van der Waals surface area contributed by atoms with Crippen LogP contribution in [0.2, 0.25) is 0 Å². The Hall–Kier alpha value is -1.94. The van der Waals surface area contributed by atoms with E-state index in [-0.39, 0.29) is 5.91 Å². The summed E-state index contributed by atoms with van der Waals surface area (Å²) in [5.74, 6) is -0.321. The number of rotatable bonds is 5. The number of benzene rings is 1. The molecular weight excluding hydrogens is 316 g/mol. The number of carbonyl (C=O) groups excluding carboxylic acids is 1. The summed E-state index contributed by atoms with van der Waals surface area (Å²) < 4.78 is 5.44. The number of likely N-dealkylation sites (tertiary alicyclic amines) is 1. The number of amides is 1. The highest BCUT2D eigenvalue weighted by molar-refractivity contribution is 5.81. The minimum atomic E-state index is -0.431. The number of nitrogens with zero attached hydrogens (tertiary/aromatic N) is 3. The van der Waals surface area contributed by atoms with Crippen LogP contribution in [0.25, 0.3) is 0 Å². The number of nitriles is 1. The molecule has 0 aliphatic carbocycles. The van der Waals surface area contributed by atoms with Crippen molar-refractivity contribution in [1.29, 1.82) is 5.26 Å². The molecule has 6 nitrogen and oxygen atoms in total. The summed E-state index contributed by atoms with van der Waals surface area (Å²) in [6, 6.07) is 9.23. The fourth-order valence-corrected chi connectivity index (χ4v) is 3.90. The smallest absolute Gasteiger partial charge is 0.239 e. The third-order valence-corrected chi connectivity index (χ3v) is 5.20. The number of piperidine rings is 1. The Labute approximate surface area is 149 Å². The lowest BCUT2D eigenvalue weighted by atomic mass is 9.95. The number of primary amides is 1. The predicted molar refractivity (Wildman–Crippen MR) is 94.7 cm³/mol. The molecule has 134 valence electrons. The second kappa shape index (κ2) is 8.43. The summed E-state index contributed by atoms with van der Waals surface area (Å²) in [7, 11) is 0. The van der Waals surface area contributed by atoms with Gasteiger partial charge in [-0.2, -0.15) is 5.26 Å². The number of hydrogen-bond acceptors (Lipinski definition) is 5. The number of ether oxygens (including phenoxy) is 1. The van der Waals surface area contributed by atoms with E-state index in [1.807, 2.05) is 12.1 Å². The Morgan fingerprint density at radius 3 is 2.60 bits per heavy atom. The van der Waals surface area contributed by atoms with Crippen molar-refractivity contribution in [3.05, 3.63) is 35.4 Å². The van der Waals surface area contributed by atoms with Crippen molar-refractivity contribution >= 4 is 5.91 Å². The zero-order chi connectivity index (χ0) is 17.6. The monoisotopic (exact) mass is 342 g/mol. The predicted octanol–water partition coefficient (Wildman–Crippen LogP) is 1.27. The van der Waals surface area contributed by atoms with Gasteiger partial charge in [-0.15, -0.1) is 0 Å². The maximum Gasteiger partial charge on any atom is 0.239 e. The van der Waals surface area contributed by atoms with Gasteiger partial charge in [0.1, 0.15) is 6.04 Å². The zero-order valence-electron chi connectivity index (χ0n) is 14.6. The average molecular weight is 342 g/mol. The van der Waals surface area contributed by atoms with Crippen molar-refractivity contribution in [2.24, 2.45) is 5.73 Å². The Balaban J connectivity index is 1.79. The SMILES string of the molecule is N#Cc1ccc([C@H](C(N)=O)N2CCCC[C@@H]2CN2CCOCC2)cc1. The summed E-state index contributed by atoms with van der Waals surface area (Å²) in [5.41, 5.74) is 7.25. The van der Waals surface area contributed by atoms with E-state index in [2.05, 4.69) is 15.9 Å². The summed E-state index contributed by atoms with van der Waals surface area (Å²) in [6.07, 6.45) is 3.35. The van der Waals surface area contributed by atoms with Crippen molar-refractivity contribution in [2.45, 2.75) is 31.3 Å². The lowest BCUT2D eigenvalue weighted by Crippen LogP contribution is -2.52. The lowest BCUT2D eigenvalue weighted by molar-refractivity contribution is -0.125. The standard InChI is InChI=1S/C19H26N4O2/c20-13-15-4-6-16(7-5-15)18(19(21)24)23-8-2-1-3-17(23)14-22-9-11-25-12-10-22/h4-7,17-18H,1-3,8-12,14H2,(H2,21,24)/t17-,18-/m1/s1. The minimum absolute atomic E-state index is 0.319. The fraction of sp³-hybridized carbons (Fsp3) is 0.579. The highest BCUT2D eigenvalue weighted by Crippen LogP contribution is 2.29. The molecule has 25 heavy (non-hydrogen) atoms. The molecule has 0 saturated carbocycles. The zero-order valence-corrected chi connectivity index (χ0v) is 14.6. The molecule has 2 atom stereocenters. The molecule has 1 aromatic rings.